The van der Waals surface area contributed by atoms with Crippen LogP contribution in [-0.2, 0) is 23.8 Å². The number of carbonyl (C=O) groups excluding carboxylic acids is 2. The fourth-order valence-electron chi connectivity index (χ4n) is 2.00. The highest BCUT2D eigenvalue weighted by Crippen LogP contribution is 2.25. The Bertz CT molecular complexity index is 530. The van der Waals surface area contributed by atoms with Crippen molar-refractivity contribution < 1.29 is 23.8 Å². The lowest BCUT2D eigenvalue weighted by Crippen LogP contribution is -2.18. The minimum absolute atomic E-state index is 0.0110. The lowest BCUT2D eigenvalue weighted by atomic mass is 10.1. The van der Waals surface area contributed by atoms with Crippen LogP contribution < -0.4 is 0 Å². The highest BCUT2D eigenvalue weighted by atomic mass is 79.9. The maximum Gasteiger partial charge on any atom is 0.309 e. The fraction of sp³-hybridized carbons (Fsp3) is 0.556. The van der Waals surface area contributed by atoms with E-state index in [0.29, 0.717) is 25.7 Å². The summed E-state index contributed by atoms with van der Waals surface area (Å²) in [6, 6.07) is 7.34. The van der Waals surface area contributed by atoms with Gasteiger partial charge in [0.2, 0.25) is 0 Å². The lowest BCUT2D eigenvalue weighted by molar-refractivity contribution is -0.156. The average molecular weight is 401 g/mol. The van der Waals surface area contributed by atoms with Gasteiger partial charge in [-0.25, -0.2) is 0 Å². The molecule has 0 aliphatic heterocycles. The van der Waals surface area contributed by atoms with Crippen LogP contribution in [0, 0.1) is 5.92 Å². The molecule has 5 nitrogen and oxygen atoms in total. The van der Waals surface area contributed by atoms with Gasteiger partial charge in [-0.3, -0.25) is 9.59 Å². The zero-order chi connectivity index (χ0) is 17.9. The van der Waals surface area contributed by atoms with Crippen molar-refractivity contribution in [1.29, 1.82) is 0 Å². The zero-order valence-corrected chi connectivity index (χ0v) is 16.0. The third kappa shape index (κ3) is 8.45. The Balaban J connectivity index is 2.64. The van der Waals surface area contributed by atoms with Crippen molar-refractivity contribution in [1.82, 2.24) is 0 Å². The van der Waals surface area contributed by atoms with E-state index in [9.17, 15) is 9.59 Å². The van der Waals surface area contributed by atoms with Gasteiger partial charge in [-0.05, 0) is 30.5 Å². The Morgan fingerprint density at radius 2 is 1.96 bits per heavy atom. The Labute approximate surface area is 151 Å². The van der Waals surface area contributed by atoms with Crippen molar-refractivity contribution in [3.05, 3.63) is 34.3 Å². The second-order valence-corrected chi connectivity index (χ2v) is 6.68. The summed E-state index contributed by atoms with van der Waals surface area (Å²) in [5.74, 6) is -0.376. The SMILES string of the molecule is CCOC(=O)C[C@H](OC(=O)CCOCC(C)C)c1cccc(Br)c1. The molecule has 1 atom stereocenters. The minimum Gasteiger partial charge on any atom is -0.466 e. The van der Waals surface area contributed by atoms with Crippen LogP contribution in [0.25, 0.3) is 0 Å². The van der Waals surface area contributed by atoms with Crippen molar-refractivity contribution in [2.45, 2.75) is 39.7 Å². The average Bonchev–Trinajstić information content (AvgIpc) is 2.51. The Kier molecular flexibility index (Phi) is 9.64. The molecule has 0 saturated heterocycles. The predicted molar refractivity (Wildman–Crippen MR) is 94.5 cm³/mol. The van der Waals surface area contributed by atoms with E-state index in [1.54, 1.807) is 6.92 Å². The van der Waals surface area contributed by atoms with E-state index in [1.807, 2.05) is 38.1 Å². The van der Waals surface area contributed by atoms with Gasteiger partial charge in [-0.2, -0.15) is 0 Å². The van der Waals surface area contributed by atoms with Gasteiger partial charge in [-0.15, -0.1) is 0 Å². The maximum atomic E-state index is 12.0. The first-order chi connectivity index (χ1) is 11.4. The van der Waals surface area contributed by atoms with Gasteiger partial charge in [-0.1, -0.05) is 41.9 Å². The van der Waals surface area contributed by atoms with Crippen LogP contribution in [0.4, 0.5) is 0 Å². The van der Waals surface area contributed by atoms with E-state index < -0.39 is 18.0 Å². The predicted octanol–water partition coefficient (Wildman–Crippen LogP) is 4.05. The summed E-state index contributed by atoms with van der Waals surface area (Å²) in [6.45, 7) is 7.03. The molecule has 0 unspecified atom stereocenters. The van der Waals surface area contributed by atoms with Gasteiger partial charge >= 0.3 is 11.9 Å². The number of rotatable bonds is 10. The Morgan fingerprint density at radius 3 is 2.58 bits per heavy atom. The molecule has 134 valence electrons. The molecule has 0 saturated carbocycles. The van der Waals surface area contributed by atoms with E-state index >= 15 is 0 Å². The number of benzene rings is 1. The van der Waals surface area contributed by atoms with Crippen LogP contribution in [0.1, 0.15) is 45.3 Å². The number of ether oxygens (including phenoxy) is 3. The van der Waals surface area contributed by atoms with Crippen molar-refractivity contribution in [2.24, 2.45) is 5.92 Å². The molecule has 24 heavy (non-hydrogen) atoms. The molecule has 0 aromatic heterocycles. The summed E-state index contributed by atoms with van der Waals surface area (Å²) < 4.78 is 16.7. The molecule has 1 aromatic carbocycles. The van der Waals surface area contributed by atoms with Crippen LogP contribution >= 0.6 is 15.9 Å². The quantitative estimate of drug-likeness (QED) is 0.437. The van der Waals surface area contributed by atoms with Gasteiger partial charge in [0.25, 0.3) is 0 Å². The summed E-state index contributed by atoms with van der Waals surface area (Å²) in [5, 5.41) is 0. The highest BCUT2D eigenvalue weighted by molar-refractivity contribution is 9.10. The lowest BCUT2D eigenvalue weighted by Gasteiger charge is -2.18. The molecule has 0 heterocycles. The maximum absolute atomic E-state index is 12.0. The van der Waals surface area contributed by atoms with Gasteiger partial charge in [0.05, 0.1) is 26.1 Å². The second kappa shape index (κ2) is 11.2. The number of carbonyl (C=O) groups is 2. The minimum atomic E-state index is -0.667. The van der Waals surface area contributed by atoms with Crippen molar-refractivity contribution >= 4 is 27.9 Å². The Morgan fingerprint density at radius 1 is 1.21 bits per heavy atom. The third-order valence-corrected chi connectivity index (χ3v) is 3.55. The van der Waals surface area contributed by atoms with Crippen LogP contribution in [0.2, 0.25) is 0 Å². The second-order valence-electron chi connectivity index (χ2n) is 5.76. The first-order valence-electron chi connectivity index (χ1n) is 8.10. The molecule has 0 amide bonds. The van der Waals surface area contributed by atoms with E-state index in [4.69, 9.17) is 14.2 Å². The molecule has 0 bridgehead atoms. The van der Waals surface area contributed by atoms with E-state index in [-0.39, 0.29) is 12.8 Å². The van der Waals surface area contributed by atoms with Crippen LogP contribution in [0.3, 0.4) is 0 Å². The molecule has 0 spiro atoms. The number of halogens is 1. The smallest absolute Gasteiger partial charge is 0.309 e. The van der Waals surface area contributed by atoms with Crippen molar-refractivity contribution in [2.75, 3.05) is 19.8 Å². The summed E-state index contributed by atoms with van der Waals surface area (Å²) in [7, 11) is 0. The van der Waals surface area contributed by atoms with E-state index in [1.165, 1.54) is 0 Å². The molecule has 0 radical (unpaired) electrons. The zero-order valence-electron chi connectivity index (χ0n) is 14.4. The standard InChI is InChI=1S/C18H25BrO5/c1-4-23-18(21)11-16(14-6-5-7-15(19)10-14)24-17(20)8-9-22-12-13(2)3/h5-7,10,13,16H,4,8-9,11-12H2,1-3H3/t16-/m0/s1. The third-order valence-electron chi connectivity index (χ3n) is 3.05. The van der Waals surface area contributed by atoms with Gasteiger partial charge in [0, 0.05) is 11.1 Å². The highest BCUT2D eigenvalue weighted by Gasteiger charge is 2.21. The molecule has 1 rings (SSSR count). The summed E-state index contributed by atoms with van der Waals surface area (Å²) >= 11 is 3.38. The topological polar surface area (TPSA) is 61.8 Å². The Hall–Kier alpha value is -1.40. The molecule has 1 aromatic rings. The first kappa shape index (κ1) is 20.6. The molecule has 0 N–H and O–H groups in total. The van der Waals surface area contributed by atoms with Crippen LogP contribution in [0.5, 0.6) is 0 Å². The molecular formula is C18H25BrO5. The number of hydrogen-bond acceptors (Lipinski definition) is 5. The summed E-state index contributed by atoms with van der Waals surface area (Å²) in [4.78, 5) is 23.8. The molecule has 6 heteroatoms. The first-order valence-corrected chi connectivity index (χ1v) is 8.90. The molecule has 0 aliphatic rings. The van der Waals surface area contributed by atoms with E-state index in [2.05, 4.69) is 15.9 Å². The monoisotopic (exact) mass is 400 g/mol. The van der Waals surface area contributed by atoms with Crippen LogP contribution in [0.15, 0.2) is 28.7 Å². The van der Waals surface area contributed by atoms with Crippen molar-refractivity contribution in [3.8, 4) is 0 Å². The number of hydrogen-bond donors (Lipinski definition) is 0. The largest absolute Gasteiger partial charge is 0.466 e. The van der Waals surface area contributed by atoms with Crippen LogP contribution in [-0.4, -0.2) is 31.8 Å². The fourth-order valence-corrected chi connectivity index (χ4v) is 2.41. The summed E-state index contributed by atoms with van der Waals surface area (Å²) in [5.41, 5.74) is 0.744. The number of esters is 2. The van der Waals surface area contributed by atoms with Gasteiger partial charge in [0.15, 0.2) is 0 Å². The van der Waals surface area contributed by atoms with Gasteiger partial charge in [0.1, 0.15) is 6.10 Å². The normalized spacial score (nSPS) is 12.0. The van der Waals surface area contributed by atoms with E-state index in [0.717, 1.165) is 10.0 Å². The van der Waals surface area contributed by atoms with Gasteiger partial charge < -0.3 is 14.2 Å². The van der Waals surface area contributed by atoms with Crippen molar-refractivity contribution in [3.63, 3.8) is 0 Å². The summed E-state index contributed by atoms with van der Waals surface area (Å²) in [6.07, 6.45) is -0.526. The molecule has 0 aliphatic carbocycles. The molecular weight excluding hydrogens is 376 g/mol. The molecule has 0 fully saturated rings.